The van der Waals surface area contributed by atoms with Gasteiger partial charge in [-0.05, 0) is 24.6 Å². The van der Waals surface area contributed by atoms with Crippen molar-refractivity contribution in [3.05, 3.63) is 35.4 Å². The van der Waals surface area contributed by atoms with E-state index in [9.17, 15) is 18.0 Å². The van der Waals surface area contributed by atoms with Crippen LogP contribution in [0.15, 0.2) is 24.3 Å². The van der Waals surface area contributed by atoms with E-state index in [2.05, 4.69) is 10.0 Å². The number of nitrogens with one attached hydrogen (secondary N) is 2. The maximum atomic E-state index is 11.9. The maximum absolute atomic E-state index is 11.9. The molecule has 0 atom stereocenters. The van der Waals surface area contributed by atoms with E-state index in [1.165, 1.54) is 11.8 Å². The van der Waals surface area contributed by atoms with E-state index in [1.807, 2.05) is 0 Å². The number of sulfonamides is 1. The quantitative estimate of drug-likeness (QED) is 0.529. The summed E-state index contributed by atoms with van der Waals surface area (Å²) in [6.45, 7) is 2.13. The molecule has 23 heavy (non-hydrogen) atoms. The molecule has 1 rings (SSSR count). The zero-order valence-electron chi connectivity index (χ0n) is 12.7. The molecule has 0 aliphatic rings. The second kappa shape index (κ2) is 9.53. The fraction of sp³-hybridized carbons (Fsp3) is 0.429. The summed E-state index contributed by atoms with van der Waals surface area (Å²) in [6, 6.07) is 6.61. The highest BCUT2D eigenvalue weighted by Crippen LogP contribution is 2.05. The number of carbonyl (C=O) groups excluding carboxylic acids is 1. The van der Waals surface area contributed by atoms with Crippen LogP contribution in [0.3, 0.4) is 0 Å². The lowest BCUT2D eigenvalue weighted by molar-refractivity contribution is -0.133. The topological polar surface area (TPSA) is 113 Å². The summed E-state index contributed by atoms with van der Waals surface area (Å²) in [4.78, 5) is 22.2. The summed E-state index contributed by atoms with van der Waals surface area (Å²) < 4.78 is 25.1. The van der Waals surface area contributed by atoms with Crippen molar-refractivity contribution in [1.29, 1.82) is 0 Å². The molecule has 0 aliphatic carbocycles. The zero-order valence-corrected chi connectivity index (χ0v) is 14.4. The van der Waals surface area contributed by atoms with E-state index in [-0.39, 0.29) is 24.0 Å². The van der Waals surface area contributed by atoms with Crippen LogP contribution in [0.2, 0.25) is 0 Å². The second-order valence-corrected chi connectivity index (χ2v) is 7.82. The molecule has 0 fully saturated rings. The van der Waals surface area contributed by atoms with Crippen LogP contribution in [0.25, 0.3) is 0 Å². The lowest BCUT2D eigenvalue weighted by atomic mass is 10.1. The first-order chi connectivity index (χ1) is 10.8. The largest absolute Gasteiger partial charge is 0.481 e. The first-order valence-corrected chi connectivity index (χ1v) is 9.78. The Morgan fingerprint density at radius 3 is 2.43 bits per heavy atom. The number of thioether (sulfide) groups is 1. The molecule has 1 aromatic carbocycles. The SMILES string of the molecule is CCS(=O)(=O)NCc1ccc(C(=O)NCCSCC(=O)O)cc1. The summed E-state index contributed by atoms with van der Waals surface area (Å²) >= 11 is 1.23. The zero-order chi connectivity index (χ0) is 17.3. The third kappa shape index (κ3) is 8.00. The predicted octanol–water partition coefficient (Wildman–Crippen LogP) is 0.673. The molecule has 9 heteroatoms. The van der Waals surface area contributed by atoms with E-state index >= 15 is 0 Å². The monoisotopic (exact) mass is 360 g/mol. The van der Waals surface area contributed by atoms with Gasteiger partial charge in [-0.15, -0.1) is 11.8 Å². The molecule has 0 aromatic heterocycles. The minimum Gasteiger partial charge on any atom is -0.481 e. The number of carbonyl (C=O) groups is 2. The van der Waals surface area contributed by atoms with Crippen LogP contribution in [-0.2, 0) is 21.4 Å². The van der Waals surface area contributed by atoms with Gasteiger partial charge in [0, 0.05) is 24.4 Å². The number of carboxylic acid groups (broad SMARTS) is 1. The van der Waals surface area contributed by atoms with E-state index in [4.69, 9.17) is 5.11 Å². The molecular formula is C14H20N2O5S2. The van der Waals surface area contributed by atoms with E-state index in [1.54, 1.807) is 31.2 Å². The Hall–Kier alpha value is -1.58. The molecule has 7 nitrogen and oxygen atoms in total. The maximum Gasteiger partial charge on any atom is 0.313 e. The highest BCUT2D eigenvalue weighted by molar-refractivity contribution is 7.99. The lowest BCUT2D eigenvalue weighted by Gasteiger charge is -2.07. The molecule has 0 spiro atoms. The van der Waals surface area contributed by atoms with Crippen LogP contribution in [0.1, 0.15) is 22.8 Å². The van der Waals surface area contributed by atoms with Crippen LogP contribution < -0.4 is 10.0 Å². The Labute approximate surface area is 139 Å². The van der Waals surface area contributed by atoms with E-state index in [0.29, 0.717) is 17.9 Å². The highest BCUT2D eigenvalue weighted by Gasteiger charge is 2.08. The Bertz CT molecular complexity index is 629. The van der Waals surface area contributed by atoms with Crippen LogP contribution in [0.5, 0.6) is 0 Å². The summed E-state index contributed by atoms with van der Waals surface area (Å²) in [7, 11) is -3.24. The number of benzene rings is 1. The van der Waals surface area contributed by atoms with Gasteiger partial charge in [0.25, 0.3) is 5.91 Å². The Morgan fingerprint density at radius 1 is 1.22 bits per heavy atom. The minimum atomic E-state index is -3.24. The van der Waals surface area contributed by atoms with Gasteiger partial charge >= 0.3 is 5.97 Å². The first-order valence-electron chi connectivity index (χ1n) is 6.98. The molecule has 0 bridgehead atoms. The van der Waals surface area contributed by atoms with Crippen molar-refractivity contribution < 1.29 is 23.1 Å². The van der Waals surface area contributed by atoms with Gasteiger partial charge in [-0.25, -0.2) is 13.1 Å². The summed E-state index contributed by atoms with van der Waals surface area (Å²) in [5, 5.41) is 11.2. The summed E-state index contributed by atoms with van der Waals surface area (Å²) in [5.74, 6) is -0.571. The van der Waals surface area contributed by atoms with Crippen LogP contribution >= 0.6 is 11.8 Å². The number of rotatable bonds is 10. The Kier molecular flexibility index (Phi) is 8.07. The third-order valence-electron chi connectivity index (χ3n) is 2.85. The van der Waals surface area contributed by atoms with Crippen LogP contribution in [0.4, 0.5) is 0 Å². The lowest BCUT2D eigenvalue weighted by Crippen LogP contribution is -2.26. The summed E-state index contributed by atoms with van der Waals surface area (Å²) in [6.07, 6.45) is 0. The molecule has 1 aromatic rings. The molecule has 0 saturated heterocycles. The Morgan fingerprint density at radius 2 is 1.87 bits per heavy atom. The standard InChI is InChI=1S/C14H20N2O5S2/c1-2-23(20,21)16-9-11-3-5-12(6-4-11)14(19)15-7-8-22-10-13(17)18/h3-6,16H,2,7-10H2,1H3,(H,15,19)(H,17,18). The van der Waals surface area contributed by atoms with Crippen LogP contribution in [0, 0.1) is 0 Å². The predicted molar refractivity (Wildman–Crippen MR) is 90.0 cm³/mol. The average molecular weight is 360 g/mol. The van der Waals surface area contributed by atoms with Gasteiger partial charge in [-0.1, -0.05) is 12.1 Å². The molecule has 128 valence electrons. The van der Waals surface area contributed by atoms with Crippen LogP contribution in [-0.4, -0.2) is 49.2 Å². The molecule has 0 unspecified atom stereocenters. The summed E-state index contributed by atoms with van der Waals surface area (Å²) in [5.41, 5.74) is 1.23. The molecule has 0 heterocycles. The van der Waals surface area contributed by atoms with Gasteiger partial charge in [-0.3, -0.25) is 9.59 Å². The van der Waals surface area contributed by atoms with Crippen molar-refractivity contribution in [3.8, 4) is 0 Å². The van der Waals surface area contributed by atoms with Gasteiger partial charge in [0.15, 0.2) is 0 Å². The van der Waals surface area contributed by atoms with Crippen molar-refractivity contribution in [3.63, 3.8) is 0 Å². The number of hydrogen-bond donors (Lipinski definition) is 3. The number of aliphatic carboxylic acids is 1. The third-order valence-corrected chi connectivity index (χ3v) is 5.14. The van der Waals surface area contributed by atoms with Crippen molar-refractivity contribution >= 4 is 33.7 Å². The van der Waals surface area contributed by atoms with Gasteiger partial charge in [0.05, 0.1) is 11.5 Å². The number of carboxylic acids is 1. The van der Waals surface area contributed by atoms with E-state index in [0.717, 1.165) is 5.56 Å². The fourth-order valence-corrected chi connectivity index (χ4v) is 2.72. The molecular weight excluding hydrogens is 340 g/mol. The normalized spacial score (nSPS) is 11.2. The molecule has 0 saturated carbocycles. The minimum absolute atomic E-state index is 0.0121. The molecule has 0 aliphatic heterocycles. The smallest absolute Gasteiger partial charge is 0.313 e. The fourth-order valence-electron chi connectivity index (χ4n) is 1.57. The van der Waals surface area contributed by atoms with E-state index < -0.39 is 16.0 Å². The van der Waals surface area contributed by atoms with Crippen molar-refractivity contribution in [2.75, 3.05) is 23.8 Å². The second-order valence-electron chi connectivity index (χ2n) is 4.62. The Balaban J connectivity index is 2.40. The van der Waals surface area contributed by atoms with Gasteiger partial charge < -0.3 is 10.4 Å². The van der Waals surface area contributed by atoms with Crippen molar-refractivity contribution in [1.82, 2.24) is 10.0 Å². The van der Waals surface area contributed by atoms with Gasteiger partial charge in [0.1, 0.15) is 0 Å². The van der Waals surface area contributed by atoms with Crippen molar-refractivity contribution in [2.45, 2.75) is 13.5 Å². The van der Waals surface area contributed by atoms with Crippen molar-refractivity contribution in [2.24, 2.45) is 0 Å². The highest BCUT2D eigenvalue weighted by atomic mass is 32.2. The number of hydrogen-bond acceptors (Lipinski definition) is 5. The van der Waals surface area contributed by atoms with Gasteiger partial charge in [0.2, 0.25) is 10.0 Å². The molecule has 3 N–H and O–H groups in total. The van der Waals surface area contributed by atoms with Gasteiger partial charge in [-0.2, -0.15) is 0 Å². The average Bonchev–Trinajstić information content (AvgIpc) is 2.52. The molecule has 0 radical (unpaired) electrons. The number of amides is 1. The first kappa shape index (κ1) is 19.5. The molecule has 1 amide bonds.